The van der Waals surface area contributed by atoms with Crippen molar-refractivity contribution in [1.29, 1.82) is 0 Å². The lowest BCUT2D eigenvalue weighted by Gasteiger charge is -2.22. The maximum Gasteiger partial charge on any atom is 0.123 e. The van der Waals surface area contributed by atoms with Gasteiger partial charge in [-0.2, -0.15) is 0 Å². The highest BCUT2D eigenvalue weighted by Crippen LogP contribution is 2.10. The van der Waals surface area contributed by atoms with E-state index in [1.807, 2.05) is 12.1 Å². The Morgan fingerprint density at radius 2 is 1.70 bits per heavy atom. The minimum absolute atomic E-state index is 0.170. The molecule has 0 saturated heterocycles. The maximum absolute atomic E-state index is 13.2. The summed E-state index contributed by atoms with van der Waals surface area (Å²) in [4.78, 5) is 1.50. The van der Waals surface area contributed by atoms with Crippen LogP contribution in [0.25, 0.3) is 0 Å². The number of hydrogen-bond acceptors (Lipinski definition) is 0. The predicted molar refractivity (Wildman–Crippen MR) is 109 cm³/mol. The van der Waals surface area contributed by atoms with Gasteiger partial charge in [0.05, 0.1) is 12.2 Å². The smallest absolute Gasteiger partial charge is 0.123 e. The Hall–Kier alpha value is -2.39. The first kappa shape index (κ1) is 19.4. The Morgan fingerprint density at radius 1 is 0.926 bits per heavy atom. The van der Waals surface area contributed by atoms with E-state index in [9.17, 15) is 4.39 Å². The molecule has 3 heteroatoms. The molecule has 2 nitrogen and oxygen atoms in total. The van der Waals surface area contributed by atoms with E-state index in [0.717, 1.165) is 26.2 Å². The van der Waals surface area contributed by atoms with Crippen molar-refractivity contribution in [1.82, 2.24) is 4.57 Å². The van der Waals surface area contributed by atoms with Crippen molar-refractivity contribution in [3.8, 4) is 0 Å². The number of nitrogens with one attached hydrogen (secondary N) is 1. The van der Waals surface area contributed by atoms with Crippen LogP contribution < -0.4 is 4.90 Å². The van der Waals surface area contributed by atoms with Crippen LogP contribution in [0, 0.1) is 18.7 Å². The molecule has 0 saturated carbocycles. The molecule has 0 radical (unpaired) electrons. The van der Waals surface area contributed by atoms with Crippen LogP contribution >= 0.6 is 0 Å². The van der Waals surface area contributed by atoms with Crippen LogP contribution in [0.1, 0.15) is 36.2 Å². The number of nitrogens with zero attached hydrogens (tertiary/aromatic N) is 1. The highest BCUT2D eigenvalue weighted by molar-refractivity contribution is 5.23. The second-order valence-electron chi connectivity index (χ2n) is 7.94. The lowest BCUT2D eigenvalue weighted by Crippen LogP contribution is -3.10. The molecule has 1 heterocycles. The molecule has 3 rings (SSSR count). The van der Waals surface area contributed by atoms with Gasteiger partial charge in [-0.05, 0) is 36.8 Å². The van der Waals surface area contributed by atoms with Gasteiger partial charge < -0.3 is 9.47 Å². The fourth-order valence-electron chi connectivity index (χ4n) is 3.70. The van der Waals surface area contributed by atoms with Crippen LogP contribution in [0.5, 0.6) is 0 Å². The number of quaternary nitrogens is 1. The maximum atomic E-state index is 13.2. The zero-order valence-electron chi connectivity index (χ0n) is 16.6. The molecule has 3 aromatic rings. The van der Waals surface area contributed by atoms with E-state index in [-0.39, 0.29) is 5.82 Å². The lowest BCUT2D eigenvalue weighted by atomic mass is 10.1. The summed E-state index contributed by atoms with van der Waals surface area (Å²) < 4.78 is 15.6. The molecule has 0 spiro atoms. The van der Waals surface area contributed by atoms with Crippen molar-refractivity contribution in [2.45, 2.75) is 40.4 Å². The fourth-order valence-corrected chi connectivity index (χ4v) is 3.70. The second kappa shape index (κ2) is 9.01. The van der Waals surface area contributed by atoms with Gasteiger partial charge in [-0.3, -0.25) is 0 Å². The minimum Gasteiger partial charge on any atom is -0.342 e. The third-order valence-electron chi connectivity index (χ3n) is 4.85. The van der Waals surface area contributed by atoms with Crippen molar-refractivity contribution in [3.63, 3.8) is 0 Å². The summed E-state index contributed by atoms with van der Waals surface area (Å²) in [5.74, 6) is 0.442. The van der Waals surface area contributed by atoms with E-state index in [4.69, 9.17) is 0 Å². The van der Waals surface area contributed by atoms with E-state index < -0.39 is 0 Å². The van der Waals surface area contributed by atoms with Crippen LogP contribution in [0.2, 0.25) is 0 Å². The lowest BCUT2D eigenvalue weighted by molar-refractivity contribution is -0.930. The molecule has 0 aliphatic rings. The molecule has 27 heavy (non-hydrogen) atoms. The van der Waals surface area contributed by atoms with Gasteiger partial charge in [-0.15, -0.1) is 0 Å². The predicted octanol–water partition coefficient (Wildman–Crippen LogP) is 4.23. The second-order valence-corrected chi connectivity index (χ2v) is 7.94. The molecule has 1 N–H and O–H groups in total. The van der Waals surface area contributed by atoms with Crippen molar-refractivity contribution < 1.29 is 9.29 Å². The van der Waals surface area contributed by atoms with Crippen LogP contribution in [-0.4, -0.2) is 11.1 Å². The van der Waals surface area contributed by atoms with E-state index in [1.54, 1.807) is 12.1 Å². The summed E-state index contributed by atoms with van der Waals surface area (Å²) in [5, 5.41) is 0. The van der Waals surface area contributed by atoms with Crippen molar-refractivity contribution in [2.24, 2.45) is 5.92 Å². The normalized spacial score (nSPS) is 12.5. The van der Waals surface area contributed by atoms with Crippen molar-refractivity contribution >= 4 is 0 Å². The third-order valence-corrected chi connectivity index (χ3v) is 4.85. The quantitative estimate of drug-likeness (QED) is 0.612. The molecule has 1 aromatic heterocycles. The summed E-state index contributed by atoms with van der Waals surface area (Å²) in [7, 11) is 0. The third kappa shape index (κ3) is 5.80. The topological polar surface area (TPSA) is 9.37 Å². The van der Waals surface area contributed by atoms with E-state index in [0.29, 0.717) is 5.92 Å². The van der Waals surface area contributed by atoms with Gasteiger partial charge in [0.15, 0.2) is 0 Å². The Labute approximate surface area is 162 Å². The molecule has 0 bridgehead atoms. The Balaban J connectivity index is 1.73. The number of halogens is 1. The zero-order valence-corrected chi connectivity index (χ0v) is 16.6. The zero-order chi connectivity index (χ0) is 19.2. The summed E-state index contributed by atoms with van der Waals surface area (Å²) >= 11 is 0. The SMILES string of the molecule is Cc1cccc(Cn2cccc2C[NH+](Cc2ccc(F)cc2)CC(C)C)c1. The average molecular weight is 366 g/mol. The Morgan fingerprint density at radius 3 is 2.41 bits per heavy atom. The molecular weight excluding hydrogens is 335 g/mol. The Bertz CT molecular complexity index is 849. The van der Waals surface area contributed by atoms with Gasteiger partial charge in [-0.25, -0.2) is 4.39 Å². The molecule has 1 unspecified atom stereocenters. The first-order chi connectivity index (χ1) is 13.0. The van der Waals surface area contributed by atoms with Gasteiger partial charge in [-0.1, -0.05) is 55.8 Å². The number of aromatic nitrogens is 1. The van der Waals surface area contributed by atoms with Gasteiger partial charge in [0.2, 0.25) is 0 Å². The monoisotopic (exact) mass is 365 g/mol. The molecule has 0 amide bonds. The van der Waals surface area contributed by atoms with Crippen LogP contribution in [0.15, 0.2) is 66.9 Å². The minimum atomic E-state index is -0.170. The summed E-state index contributed by atoms with van der Waals surface area (Å²) in [5.41, 5.74) is 5.15. The standard InChI is InChI=1S/C24H29FN2/c1-19(2)15-26(16-21-9-11-23(25)12-10-21)18-24-8-5-13-27(24)17-22-7-4-6-20(3)14-22/h4-14,19H,15-18H2,1-3H3/p+1. The molecule has 0 aliphatic carbocycles. The van der Waals surface area contributed by atoms with Crippen molar-refractivity contribution in [3.05, 3.63) is 95.1 Å². The first-order valence-corrected chi connectivity index (χ1v) is 9.77. The average Bonchev–Trinajstić information content (AvgIpc) is 3.03. The van der Waals surface area contributed by atoms with Gasteiger partial charge in [0, 0.05) is 24.2 Å². The van der Waals surface area contributed by atoms with Crippen LogP contribution in [0.3, 0.4) is 0 Å². The van der Waals surface area contributed by atoms with Crippen LogP contribution in [-0.2, 0) is 19.6 Å². The summed E-state index contributed by atoms with van der Waals surface area (Å²) in [6.45, 7) is 10.5. The molecule has 0 aliphatic heterocycles. The first-order valence-electron chi connectivity index (χ1n) is 9.77. The molecule has 1 atom stereocenters. The molecular formula is C24H30FN2+. The van der Waals surface area contributed by atoms with E-state index >= 15 is 0 Å². The van der Waals surface area contributed by atoms with E-state index in [2.05, 4.69) is 67.9 Å². The number of hydrogen-bond donors (Lipinski definition) is 1. The Kier molecular flexibility index (Phi) is 6.46. The number of aryl methyl sites for hydroxylation is 1. The van der Waals surface area contributed by atoms with Crippen molar-refractivity contribution in [2.75, 3.05) is 6.54 Å². The van der Waals surface area contributed by atoms with E-state index in [1.165, 1.54) is 27.3 Å². The van der Waals surface area contributed by atoms with Crippen LogP contribution in [0.4, 0.5) is 4.39 Å². The fraction of sp³-hybridized carbons (Fsp3) is 0.333. The largest absolute Gasteiger partial charge is 0.342 e. The highest BCUT2D eigenvalue weighted by atomic mass is 19.1. The van der Waals surface area contributed by atoms with Gasteiger partial charge in [0.1, 0.15) is 18.9 Å². The molecule has 2 aromatic carbocycles. The number of rotatable bonds is 8. The molecule has 0 fully saturated rings. The van der Waals surface area contributed by atoms with Gasteiger partial charge >= 0.3 is 0 Å². The molecule has 142 valence electrons. The summed E-state index contributed by atoms with van der Waals surface area (Å²) in [6, 6.07) is 20.0. The summed E-state index contributed by atoms with van der Waals surface area (Å²) in [6.07, 6.45) is 2.17. The van der Waals surface area contributed by atoms with Gasteiger partial charge in [0.25, 0.3) is 0 Å². The number of benzene rings is 2. The highest BCUT2D eigenvalue weighted by Gasteiger charge is 2.15.